The number of rotatable bonds is 1. The van der Waals surface area contributed by atoms with Crippen LogP contribution in [0.4, 0.5) is 0 Å². The third kappa shape index (κ3) is 1.86. The number of aromatic amines is 1. The molecule has 0 aliphatic carbocycles. The highest BCUT2D eigenvalue weighted by atomic mass is 79.9. The van der Waals surface area contributed by atoms with E-state index in [1.54, 1.807) is 12.1 Å². The van der Waals surface area contributed by atoms with Gasteiger partial charge in [0, 0.05) is 28.5 Å². The molecule has 0 spiro atoms. The minimum Gasteiger partial charge on any atom is -0.355 e. The first kappa shape index (κ1) is 10.9. The van der Waals surface area contributed by atoms with Gasteiger partial charge in [0.25, 0.3) is 5.91 Å². The zero-order chi connectivity index (χ0) is 11.7. The van der Waals surface area contributed by atoms with Gasteiger partial charge in [-0.25, -0.2) is 0 Å². The van der Waals surface area contributed by atoms with Crippen LogP contribution in [0.5, 0.6) is 0 Å². The van der Waals surface area contributed by atoms with Gasteiger partial charge in [0.1, 0.15) is 0 Å². The van der Waals surface area contributed by atoms with E-state index < -0.39 is 0 Å². The lowest BCUT2D eigenvalue weighted by Gasteiger charge is -2.05. The molecule has 0 radical (unpaired) electrons. The predicted octanol–water partition coefficient (Wildman–Crippen LogP) is 1.65. The zero-order valence-electron chi connectivity index (χ0n) is 8.50. The molecule has 4 nitrogen and oxygen atoms in total. The van der Waals surface area contributed by atoms with Crippen LogP contribution in [0.3, 0.4) is 0 Å². The van der Waals surface area contributed by atoms with Gasteiger partial charge in [0.15, 0.2) is 0 Å². The van der Waals surface area contributed by atoms with Gasteiger partial charge in [0.2, 0.25) is 5.56 Å². The van der Waals surface area contributed by atoms with E-state index in [4.69, 9.17) is 0 Å². The Balaban J connectivity index is 2.84. The van der Waals surface area contributed by atoms with Crippen LogP contribution in [0.25, 0.3) is 10.9 Å². The highest BCUT2D eigenvalue weighted by Gasteiger charge is 2.10. The number of carbonyl (C=O) groups excluding carboxylic acids is 1. The van der Waals surface area contributed by atoms with Gasteiger partial charge < -0.3 is 10.3 Å². The molecular formula is C11H9BrN2O2. The van der Waals surface area contributed by atoms with Crippen LogP contribution < -0.4 is 10.9 Å². The Morgan fingerprint density at radius 1 is 1.38 bits per heavy atom. The molecule has 0 atom stereocenters. The van der Waals surface area contributed by atoms with E-state index in [0.717, 1.165) is 4.47 Å². The molecule has 2 aromatic rings. The van der Waals surface area contributed by atoms with Gasteiger partial charge >= 0.3 is 0 Å². The molecule has 0 aliphatic rings. The van der Waals surface area contributed by atoms with E-state index in [-0.39, 0.29) is 11.5 Å². The van der Waals surface area contributed by atoms with E-state index in [1.165, 1.54) is 13.1 Å². The summed E-state index contributed by atoms with van der Waals surface area (Å²) in [6, 6.07) is 6.67. The molecule has 1 amide bonds. The number of amides is 1. The Labute approximate surface area is 99.8 Å². The van der Waals surface area contributed by atoms with Crippen LogP contribution in [0.1, 0.15) is 10.4 Å². The van der Waals surface area contributed by atoms with Crippen LogP contribution in [0.15, 0.2) is 33.5 Å². The number of halogens is 1. The highest BCUT2D eigenvalue weighted by molar-refractivity contribution is 9.10. The lowest BCUT2D eigenvalue weighted by Crippen LogP contribution is -2.21. The number of hydrogen-bond acceptors (Lipinski definition) is 2. The third-order valence-electron chi connectivity index (χ3n) is 2.28. The first-order valence-corrected chi connectivity index (χ1v) is 5.46. The summed E-state index contributed by atoms with van der Waals surface area (Å²) in [5, 5.41) is 3.23. The standard InChI is InChI=1S/C11H9BrN2O2/c1-13-11(16)8-5-10(15)14-9-3-2-6(12)4-7(8)9/h2-5H,1H3,(H,13,16)(H,14,15). The summed E-state index contributed by atoms with van der Waals surface area (Å²) in [7, 11) is 1.54. The van der Waals surface area contributed by atoms with Crippen molar-refractivity contribution in [1.82, 2.24) is 10.3 Å². The maximum Gasteiger partial charge on any atom is 0.251 e. The number of benzene rings is 1. The maximum absolute atomic E-state index is 11.6. The monoisotopic (exact) mass is 280 g/mol. The van der Waals surface area contributed by atoms with E-state index in [1.807, 2.05) is 6.07 Å². The molecule has 1 aromatic heterocycles. The molecular weight excluding hydrogens is 272 g/mol. The van der Waals surface area contributed by atoms with Gasteiger partial charge in [-0.2, -0.15) is 0 Å². The molecule has 16 heavy (non-hydrogen) atoms. The SMILES string of the molecule is CNC(=O)c1cc(=O)[nH]c2ccc(Br)cc12. The first-order chi connectivity index (χ1) is 7.61. The number of aromatic nitrogens is 1. The minimum atomic E-state index is -0.284. The van der Waals surface area contributed by atoms with Crippen molar-refractivity contribution in [3.05, 3.63) is 44.7 Å². The van der Waals surface area contributed by atoms with E-state index >= 15 is 0 Å². The molecule has 0 saturated heterocycles. The van der Waals surface area contributed by atoms with E-state index in [0.29, 0.717) is 16.5 Å². The Morgan fingerprint density at radius 3 is 2.81 bits per heavy atom. The summed E-state index contributed by atoms with van der Waals surface area (Å²) in [5.74, 6) is -0.269. The molecule has 2 rings (SSSR count). The van der Waals surface area contributed by atoms with E-state index in [9.17, 15) is 9.59 Å². The van der Waals surface area contributed by atoms with Gasteiger partial charge in [-0.05, 0) is 18.2 Å². The minimum absolute atomic E-state index is 0.269. The fraction of sp³-hybridized carbons (Fsp3) is 0.0909. The van der Waals surface area contributed by atoms with Crippen molar-refractivity contribution < 1.29 is 4.79 Å². The van der Waals surface area contributed by atoms with Crippen molar-refractivity contribution in [3.8, 4) is 0 Å². The van der Waals surface area contributed by atoms with Crippen LogP contribution >= 0.6 is 15.9 Å². The molecule has 1 aromatic carbocycles. The maximum atomic E-state index is 11.6. The average molecular weight is 281 g/mol. The quantitative estimate of drug-likeness (QED) is 0.835. The van der Waals surface area contributed by atoms with Crippen molar-refractivity contribution in [1.29, 1.82) is 0 Å². The van der Waals surface area contributed by atoms with Crippen molar-refractivity contribution in [2.45, 2.75) is 0 Å². The van der Waals surface area contributed by atoms with Crippen LogP contribution in [0.2, 0.25) is 0 Å². The molecule has 0 saturated carbocycles. The molecule has 1 heterocycles. The molecule has 0 bridgehead atoms. The smallest absolute Gasteiger partial charge is 0.251 e. The summed E-state index contributed by atoms with van der Waals surface area (Å²) in [6.45, 7) is 0. The first-order valence-electron chi connectivity index (χ1n) is 4.66. The van der Waals surface area contributed by atoms with Crippen molar-refractivity contribution in [2.24, 2.45) is 0 Å². The molecule has 5 heteroatoms. The second kappa shape index (κ2) is 4.09. The van der Waals surface area contributed by atoms with Gasteiger partial charge in [-0.3, -0.25) is 9.59 Å². The second-order valence-corrected chi connectivity index (χ2v) is 4.23. The topological polar surface area (TPSA) is 62.0 Å². The number of pyridine rings is 1. The van der Waals surface area contributed by atoms with Crippen molar-refractivity contribution in [2.75, 3.05) is 7.05 Å². The summed E-state index contributed by atoms with van der Waals surface area (Å²) >= 11 is 3.33. The van der Waals surface area contributed by atoms with Crippen molar-refractivity contribution >= 4 is 32.7 Å². The number of nitrogens with one attached hydrogen (secondary N) is 2. The molecule has 0 fully saturated rings. The van der Waals surface area contributed by atoms with E-state index in [2.05, 4.69) is 26.2 Å². The fourth-order valence-corrected chi connectivity index (χ4v) is 1.91. The summed E-state index contributed by atoms with van der Waals surface area (Å²) in [6.07, 6.45) is 0. The summed E-state index contributed by atoms with van der Waals surface area (Å²) in [5.41, 5.74) is 0.741. The highest BCUT2D eigenvalue weighted by Crippen LogP contribution is 2.20. The van der Waals surface area contributed by atoms with Gasteiger partial charge in [-0.15, -0.1) is 0 Å². The number of carbonyl (C=O) groups is 1. The van der Waals surface area contributed by atoms with Crippen LogP contribution in [0, 0.1) is 0 Å². The van der Waals surface area contributed by atoms with Gasteiger partial charge in [0.05, 0.1) is 5.56 Å². The molecule has 0 aliphatic heterocycles. The Morgan fingerprint density at radius 2 is 2.12 bits per heavy atom. The lowest BCUT2D eigenvalue weighted by molar-refractivity contribution is 0.0964. The Hall–Kier alpha value is -1.62. The number of H-pyrrole nitrogens is 1. The summed E-state index contributed by atoms with van der Waals surface area (Å²) < 4.78 is 0.859. The molecule has 2 N–H and O–H groups in total. The second-order valence-electron chi connectivity index (χ2n) is 3.32. The Kier molecular flexibility index (Phi) is 2.78. The molecule has 0 unspecified atom stereocenters. The fourth-order valence-electron chi connectivity index (χ4n) is 1.55. The lowest BCUT2D eigenvalue weighted by atomic mass is 10.1. The number of fused-ring (bicyclic) bond motifs is 1. The number of hydrogen-bond donors (Lipinski definition) is 2. The van der Waals surface area contributed by atoms with Gasteiger partial charge in [-0.1, -0.05) is 15.9 Å². The predicted molar refractivity (Wildman–Crippen MR) is 65.7 cm³/mol. The summed E-state index contributed by atoms with van der Waals surface area (Å²) in [4.78, 5) is 25.7. The van der Waals surface area contributed by atoms with Crippen LogP contribution in [-0.2, 0) is 0 Å². The normalized spacial score (nSPS) is 10.4. The zero-order valence-corrected chi connectivity index (χ0v) is 10.1. The molecule has 82 valence electrons. The average Bonchev–Trinajstić information content (AvgIpc) is 2.27. The van der Waals surface area contributed by atoms with Crippen LogP contribution in [-0.4, -0.2) is 17.9 Å². The largest absolute Gasteiger partial charge is 0.355 e. The Bertz CT molecular complexity index is 619. The van der Waals surface area contributed by atoms with Crippen molar-refractivity contribution in [3.63, 3.8) is 0 Å². The third-order valence-corrected chi connectivity index (χ3v) is 2.77.